The van der Waals surface area contributed by atoms with E-state index < -0.39 is 23.7 Å². The normalized spacial score (nSPS) is 13.0. The van der Waals surface area contributed by atoms with Crippen LogP contribution in [0.3, 0.4) is 0 Å². The average molecular weight is 343 g/mol. The Hall–Kier alpha value is -1.61. The summed E-state index contributed by atoms with van der Waals surface area (Å²) in [5.41, 5.74) is 0.286. The first-order valence-corrected chi connectivity index (χ1v) is 7.51. The van der Waals surface area contributed by atoms with E-state index in [9.17, 15) is 9.59 Å². The van der Waals surface area contributed by atoms with E-state index in [4.69, 9.17) is 33.2 Å². The molecule has 0 saturated carbocycles. The molecule has 0 radical (unpaired) electrons. The van der Waals surface area contributed by atoms with Crippen LogP contribution < -0.4 is 5.32 Å². The van der Waals surface area contributed by atoms with Gasteiger partial charge in [-0.2, -0.15) is 5.26 Å². The lowest BCUT2D eigenvalue weighted by atomic mass is 9.98. The van der Waals surface area contributed by atoms with Gasteiger partial charge in [0.2, 0.25) is 5.91 Å². The highest BCUT2D eigenvalue weighted by molar-refractivity contribution is 6.36. The molecule has 1 rings (SSSR count). The van der Waals surface area contributed by atoms with Crippen molar-refractivity contribution in [3.63, 3.8) is 0 Å². The van der Waals surface area contributed by atoms with Crippen LogP contribution in [0.25, 0.3) is 0 Å². The summed E-state index contributed by atoms with van der Waals surface area (Å²) in [5, 5.41) is 12.2. The quantitative estimate of drug-likeness (QED) is 0.769. The van der Waals surface area contributed by atoms with Gasteiger partial charge in [-0.3, -0.25) is 9.59 Å². The number of carbonyl (C=O) groups is 2. The zero-order valence-corrected chi connectivity index (χ0v) is 13.7. The maximum absolute atomic E-state index is 12.2. The van der Waals surface area contributed by atoms with E-state index in [1.165, 1.54) is 12.1 Å². The first-order chi connectivity index (χ1) is 10.4. The Morgan fingerprint density at radius 2 is 2.05 bits per heavy atom. The fourth-order valence-corrected chi connectivity index (χ4v) is 2.29. The van der Waals surface area contributed by atoms with Gasteiger partial charge in [-0.05, 0) is 31.5 Å². The van der Waals surface area contributed by atoms with Gasteiger partial charge in [0.05, 0.1) is 16.8 Å². The van der Waals surface area contributed by atoms with Crippen molar-refractivity contribution in [3.05, 3.63) is 28.2 Å². The number of nitriles is 1. The van der Waals surface area contributed by atoms with E-state index in [-0.39, 0.29) is 10.7 Å². The lowest BCUT2D eigenvalue weighted by Gasteiger charge is -2.17. The van der Waals surface area contributed by atoms with E-state index >= 15 is 0 Å². The molecule has 0 aliphatic rings. The second-order valence-electron chi connectivity index (χ2n) is 4.43. The number of nitrogens with zero attached hydrogens (tertiary/aromatic N) is 1. The van der Waals surface area contributed by atoms with Crippen LogP contribution >= 0.6 is 23.2 Å². The zero-order chi connectivity index (χ0) is 16.7. The Labute approximate surface area is 139 Å². The molecular weight excluding hydrogens is 327 g/mol. The second kappa shape index (κ2) is 8.74. The van der Waals surface area contributed by atoms with Crippen molar-refractivity contribution in [2.45, 2.75) is 26.4 Å². The Bertz CT molecular complexity index is 599. The van der Waals surface area contributed by atoms with Crippen molar-refractivity contribution < 1.29 is 14.3 Å². The summed E-state index contributed by atoms with van der Waals surface area (Å²) in [7, 11) is 0. The van der Waals surface area contributed by atoms with Crippen LogP contribution in [0.2, 0.25) is 10.0 Å². The molecule has 0 fully saturated rings. The number of ether oxygens (including phenoxy) is 1. The summed E-state index contributed by atoms with van der Waals surface area (Å²) in [6, 6.07) is 6.21. The number of nitrogens with one attached hydrogen (secondary N) is 1. The van der Waals surface area contributed by atoms with Crippen LogP contribution in [0, 0.1) is 17.2 Å². The minimum Gasteiger partial charge on any atom is -0.371 e. The Balaban J connectivity index is 2.89. The molecule has 0 aliphatic heterocycles. The van der Waals surface area contributed by atoms with Gasteiger partial charge in [0.1, 0.15) is 6.10 Å². The molecule has 1 aromatic rings. The van der Waals surface area contributed by atoms with Gasteiger partial charge < -0.3 is 10.1 Å². The largest absolute Gasteiger partial charge is 0.371 e. The van der Waals surface area contributed by atoms with Crippen LogP contribution in [-0.2, 0) is 14.3 Å². The number of Topliss-reactive ketones (excluding diaryl/α,β-unsaturated/α-hetero) is 1. The number of benzene rings is 1. The molecule has 1 amide bonds. The van der Waals surface area contributed by atoms with Crippen LogP contribution in [0.1, 0.15) is 20.3 Å². The standard InChI is InChI=1S/C15H16Cl2N2O3/c1-3-13(22-4-2)14(20)10(8-18)15(21)19-12-6-5-9(16)7-11(12)17/h5-7,10,13H,3-4H2,1-2H3,(H,19,21)/t10-,13+/m0/s1. The molecule has 1 N–H and O–H groups in total. The fraction of sp³-hybridized carbons (Fsp3) is 0.400. The minimum absolute atomic E-state index is 0.224. The highest BCUT2D eigenvalue weighted by Crippen LogP contribution is 2.26. The van der Waals surface area contributed by atoms with Crippen molar-refractivity contribution in [2.75, 3.05) is 11.9 Å². The molecule has 0 bridgehead atoms. The minimum atomic E-state index is -1.46. The Morgan fingerprint density at radius 3 is 2.55 bits per heavy atom. The van der Waals surface area contributed by atoms with Crippen LogP contribution in [0.4, 0.5) is 5.69 Å². The van der Waals surface area contributed by atoms with Crippen LogP contribution in [0.15, 0.2) is 18.2 Å². The fourth-order valence-electron chi connectivity index (χ4n) is 1.84. The summed E-state index contributed by atoms with van der Waals surface area (Å²) < 4.78 is 5.25. The molecule has 22 heavy (non-hydrogen) atoms. The van der Waals surface area contributed by atoms with Gasteiger partial charge in [0, 0.05) is 11.6 Å². The molecular formula is C15H16Cl2N2O3. The number of ketones is 1. The SMILES string of the molecule is CCO[C@H](CC)C(=O)[C@H](C#N)C(=O)Nc1ccc(Cl)cc1Cl. The predicted molar refractivity (Wildman–Crippen MR) is 84.9 cm³/mol. The number of hydrogen-bond acceptors (Lipinski definition) is 4. The number of rotatable bonds is 7. The van der Waals surface area contributed by atoms with Gasteiger partial charge in [-0.1, -0.05) is 30.1 Å². The van der Waals surface area contributed by atoms with Crippen molar-refractivity contribution in [1.82, 2.24) is 0 Å². The molecule has 118 valence electrons. The number of amides is 1. The van der Waals surface area contributed by atoms with Gasteiger partial charge in [-0.25, -0.2) is 0 Å². The molecule has 0 aliphatic carbocycles. The molecule has 0 spiro atoms. The van der Waals surface area contributed by atoms with E-state index in [0.29, 0.717) is 18.1 Å². The topological polar surface area (TPSA) is 79.2 Å². The Morgan fingerprint density at radius 1 is 1.36 bits per heavy atom. The van der Waals surface area contributed by atoms with E-state index in [1.54, 1.807) is 26.0 Å². The molecule has 1 aromatic carbocycles. The van der Waals surface area contributed by atoms with Crippen molar-refractivity contribution >= 4 is 40.6 Å². The highest BCUT2D eigenvalue weighted by Gasteiger charge is 2.32. The number of carbonyl (C=O) groups excluding carboxylic acids is 2. The molecule has 0 saturated heterocycles. The van der Waals surface area contributed by atoms with E-state index in [1.807, 2.05) is 0 Å². The highest BCUT2D eigenvalue weighted by atomic mass is 35.5. The molecule has 0 aromatic heterocycles. The molecule has 5 nitrogen and oxygen atoms in total. The molecule has 0 unspecified atom stereocenters. The molecule has 2 atom stereocenters. The van der Waals surface area contributed by atoms with E-state index in [2.05, 4.69) is 5.32 Å². The first kappa shape index (κ1) is 18.4. The maximum Gasteiger partial charge on any atom is 0.249 e. The summed E-state index contributed by atoms with van der Waals surface area (Å²) in [5.74, 6) is -2.76. The first-order valence-electron chi connectivity index (χ1n) is 6.75. The van der Waals surface area contributed by atoms with Crippen molar-refractivity contribution in [3.8, 4) is 6.07 Å². The van der Waals surface area contributed by atoms with Crippen LogP contribution in [0.5, 0.6) is 0 Å². The summed E-state index contributed by atoms with van der Waals surface area (Å²) >= 11 is 11.7. The third-order valence-electron chi connectivity index (χ3n) is 2.92. The third kappa shape index (κ3) is 4.70. The second-order valence-corrected chi connectivity index (χ2v) is 5.27. The van der Waals surface area contributed by atoms with E-state index in [0.717, 1.165) is 0 Å². The maximum atomic E-state index is 12.2. The van der Waals surface area contributed by atoms with Gasteiger partial charge >= 0.3 is 0 Å². The molecule has 0 heterocycles. The molecule has 7 heteroatoms. The van der Waals surface area contributed by atoms with Gasteiger partial charge in [0.25, 0.3) is 0 Å². The zero-order valence-electron chi connectivity index (χ0n) is 12.2. The summed E-state index contributed by atoms with van der Waals surface area (Å²) in [6.45, 7) is 3.82. The van der Waals surface area contributed by atoms with Gasteiger partial charge in [-0.15, -0.1) is 0 Å². The predicted octanol–water partition coefficient (Wildman–Crippen LogP) is 3.46. The summed E-state index contributed by atoms with van der Waals surface area (Å²) in [4.78, 5) is 24.3. The summed E-state index contributed by atoms with van der Waals surface area (Å²) in [6.07, 6.45) is -0.388. The smallest absolute Gasteiger partial charge is 0.249 e. The Kier molecular flexibility index (Phi) is 7.33. The lowest BCUT2D eigenvalue weighted by molar-refractivity contribution is -0.137. The number of hydrogen-bond donors (Lipinski definition) is 1. The number of halogens is 2. The lowest BCUT2D eigenvalue weighted by Crippen LogP contribution is -2.36. The number of anilines is 1. The average Bonchev–Trinajstić information content (AvgIpc) is 2.48. The monoisotopic (exact) mass is 342 g/mol. The van der Waals surface area contributed by atoms with Crippen molar-refractivity contribution in [2.24, 2.45) is 5.92 Å². The van der Waals surface area contributed by atoms with Crippen molar-refractivity contribution in [1.29, 1.82) is 5.26 Å². The third-order valence-corrected chi connectivity index (χ3v) is 3.47. The van der Waals surface area contributed by atoms with Gasteiger partial charge in [0.15, 0.2) is 11.7 Å². The van der Waals surface area contributed by atoms with Crippen LogP contribution in [-0.4, -0.2) is 24.4 Å².